The SMILES string of the molecule is CC(=O)N[C@H]1[C@H](OC(C)=O)O[C@H](COC(C)=O)[C@@H](O[C@@H]2O[C@@H](COC(C)=O)[C@@H](OC(C)=O)[C@H](OC(C)=O)[C@H]2OC(C)=O)[C@@H]1OC(C)=O. The maximum atomic E-state index is 12.3. The fourth-order valence-electron chi connectivity index (χ4n) is 4.84. The minimum atomic E-state index is -1.80. The van der Waals surface area contributed by atoms with Gasteiger partial charge in [-0.2, -0.15) is 0 Å². The molecule has 0 aromatic heterocycles. The summed E-state index contributed by atoms with van der Waals surface area (Å²) in [4.78, 5) is 96.5. The van der Waals surface area contributed by atoms with Gasteiger partial charge in [0.15, 0.2) is 30.7 Å². The van der Waals surface area contributed by atoms with Crippen molar-refractivity contribution in [2.24, 2.45) is 0 Å². The molecule has 0 aromatic carbocycles. The molecule has 0 radical (unpaired) electrons. The van der Waals surface area contributed by atoms with Gasteiger partial charge >= 0.3 is 41.8 Å². The minimum absolute atomic E-state index is 0.577. The van der Waals surface area contributed by atoms with Gasteiger partial charge in [-0.25, -0.2) is 0 Å². The molecule has 0 aliphatic carbocycles. The number of hydrogen-bond donors (Lipinski definition) is 1. The standard InChI is InChI=1S/C28H39NO18/c1-11(30)29-21-24(41-15(5)34)22(19(9-38-12(2)31)45-27(21)44-18(8)37)47-28-26(43-17(7)36)25(42-16(6)35)23(40-14(4)33)20(46-28)10-39-13(3)32/h19-28H,9-10H2,1-8H3,(H,29,30)/t19-,20+,21-,22-,23-,24-,25+,26-,27-,28+/m1/s1. The summed E-state index contributed by atoms with van der Waals surface area (Å²) < 4.78 is 55.2. The summed E-state index contributed by atoms with van der Waals surface area (Å²) in [6.07, 6.45) is -14.2. The largest absolute Gasteiger partial charge is 0.463 e. The Bertz CT molecular complexity index is 1200. The van der Waals surface area contributed by atoms with Crippen LogP contribution in [0.25, 0.3) is 0 Å². The van der Waals surface area contributed by atoms with Gasteiger partial charge in [0.25, 0.3) is 0 Å². The molecule has 0 spiro atoms. The van der Waals surface area contributed by atoms with Crippen molar-refractivity contribution in [3.8, 4) is 0 Å². The molecule has 19 heteroatoms. The molecular weight excluding hydrogens is 638 g/mol. The molecule has 1 amide bonds. The Hall–Kier alpha value is -4.36. The highest BCUT2D eigenvalue weighted by Gasteiger charge is 2.57. The predicted octanol–water partition coefficient (Wildman–Crippen LogP) is -1.26. The van der Waals surface area contributed by atoms with Crippen LogP contribution >= 0.6 is 0 Å². The minimum Gasteiger partial charge on any atom is -0.463 e. The van der Waals surface area contributed by atoms with Gasteiger partial charge in [-0.15, -0.1) is 0 Å². The molecule has 2 aliphatic rings. The van der Waals surface area contributed by atoms with Crippen LogP contribution in [0.5, 0.6) is 0 Å². The summed E-state index contributed by atoms with van der Waals surface area (Å²) in [6, 6.07) is -1.43. The molecule has 2 fully saturated rings. The second kappa shape index (κ2) is 17.5. The molecule has 10 atom stereocenters. The van der Waals surface area contributed by atoms with Gasteiger partial charge < -0.3 is 52.7 Å². The van der Waals surface area contributed by atoms with E-state index >= 15 is 0 Å². The van der Waals surface area contributed by atoms with Crippen molar-refractivity contribution < 1.29 is 85.7 Å². The van der Waals surface area contributed by atoms with Gasteiger partial charge in [-0.1, -0.05) is 0 Å². The Labute approximate surface area is 269 Å². The maximum Gasteiger partial charge on any atom is 0.305 e. The molecular formula is C28H39NO18. The van der Waals surface area contributed by atoms with Gasteiger partial charge in [-0.3, -0.25) is 38.4 Å². The molecule has 0 aromatic rings. The van der Waals surface area contributed by atoms with E-state index in [9.17, 15) is 38.4 Å². The van der Waals surface area contributed by atoms with E-state index in [0.29, 0.717) is 0 Å². The summed E-state index contributed by atoms with van der Waals surface area (Å²) in [5.41, 5.74) is 0. The van der Waals surface area contributed by atoms with E-state index in [-0.39, 0.29) is 0 Å². The van der Waals surface area contributed by atoms with Crippen LogP contribution in [-0.4, -0.2) is 122 Å². The average molecular weight is 678 g/mol. The molecule has 264 valence electrons. The van der Waals surface area contributed by atoms with Crippen molar-refractivity contribution in [1.29, 1.82) is 0 Å². The fraction of sp³-hybridized carbons (Fsp3) is 0.714. The van der Waals surface area contributed by atoms with Crippen molar-refractivity contribution in [3.63, 3.8) is 0 Å². The van der Waals surface area contributed by atoms with Crippen molar-refractivity contribution in [1.82, 2.24) is 5.32 Å². The second-order valence-corrected chi connectivity index (χ2v) is 10.4. The number of amides is 1. The molecule has 2 saturated heterocycles. The number of rotatable bonds is 12. The second-order valence-electron chi connectivity index (χ2n) is 10.4. The van der Waals surface area contributed by atoms with Crippen LogP contribution in [-0.2, 0) is 85.7 Å². The number of esters is 7. The molecule has 19 nitrogen and oxygen atoms in total. The third-order valence-corrected chi connectivity index (χ3v) is 6.29. The molecule has 2 aliphatic heterocycles. The molecule has 2 heterocycles. The van der Waals surface area contributed by atoms with Crippen molar-refractivity contribution >= 4 is 47.7 Å². The van der Waals surface area contributed by atoms with Crippen LogP contribution in [0, 0.1) is 0 Å². The molecule has 0 bridgehead atoms. The zero-order valence-electron chi connectivity index (χ0n) is 27.0. The highest BCUT2D eigenvalue weighted by Crippen LogP contribution is 2.34. The van der Waals surface area contributed by atoms with Gasteiger partial charge in [0.2, 0.25) is 12.2 Å². The van der Waals surface area contributed by atoms with Crippen LogP contribution < -0.4 is 5.32 Å². The molecule has 47 heavy (non-hydrogen) atoms. The Balaban J connectivity index is 2.73. The van der Waals surface area contributed by atoms with Gasteiger partial charge in [0, 0.05) is 55.4 Å². The van der Waals surface area contributed by atoms with E-state index in [1.54, 1.807) is 0 Å². The first-order valence-electron chi connectivity index (χ1n) is 14.3. The first-order chi connectivity index (χ1) is 21.9. The number of ether oxygens (including phenoxy) is 10. The number of hydrogen-bond acceptors (Lipinski definition) is 18. The number of carbonyl (C=O) groups is 8. The van der Waals surface area contributed by atoms with Crippen LogP contribution in [0.15, 0.2) is 0 Å². The van der Waals surface area contributed by atoms with Crippen LogP contribution in [0.4, 0.5) is 0 Å². The lowest BCUT2D eigenvalue weighted by Crippen LogP contribution is -2.69. The van der Waals surface area contributed by atoms with Gasteiger partial charge in [0.1, 0.15) is 37.6 Å². The normalized spacial score (nSPS) is 30.0. The molecule has 0 saturated carbocycles. The Morgan fingerprint density at radius 1 is 0.468 bits per heavy atom. The van der Waals surface area contributed by atoms with Crippen LogP contribution in [0.3, 0.4) is 0 Å². The van der Waals surface area contributed by atoms with E-state index in [4.69, 9.17) is 47.4 Å². The molecule has 2 rings (SSSR count). The van der Waals surface area contributed by atoms with Crippen LogP contribution in [0.1, 0.15) is 55.4 Å². The third-order valence-electron chi connectivity index (χ3n) is 6.29. The van der Waals surface area contributed by atoms with E-state index in [2.05, 4.69) is 5.32 Å². The van der Waals surface area contributed by atoms with E-state index in [0.717, 1.165) is 55.4 Å². The topological polar surface area (TPSA) is 241 Å². The highest BCUT2D eigenvalue weighted by atomic mass is 16.8. The summed E-state index contributed by atoms with van der Waals surface area (Å²) in [5.74, 6) is -6.64. The summed E-state index contributed by atoms with van der Waals surface area (Å²) >= 11 is 0. The first-order valence-corrected chi connectivity index (χ1v) is 14.3. The van der Waals surface area contributed by atoms with E-state index in [1.807, 2.05) is 0 Å². The summed E-state index contributed by atoms with van der Waals surface area (Å²) in [6.45, 7) is 7.30. The monoisotopic (exact) mass is 677 g/mol. The Kier molecular flexibility index (Phi) is 14.5. The zero-order valence-corrected chi connectivity index (χ0v) is 27.0. The smallest absolute Gasteiger partial charge is 0.305 e. The van der Waals surface area contributed by atoms with Crippen molar-refractivity contribution in [3.05, 3.63) is 0 Å². The van der Waals surface area contributed by atoms with Crippen molar-refractivity contribution in [2.75, 3.05) is 13.2 Å². The third kappa shape index (κ3) is 12.1. The summed E-state index contributed by atoms with van der Waals surface area (Å²) in [5, 5.41) is 2.48. The average Bonchev–Trinajstić information content (AvgIpc) is 2.91. The van der Waals surface area contributed by atoms with Crippen LogP contribution in [0.2, 0.25) is 0 Å². The lowest BCUT2D eigenvalue weighted by molar-refractivity contribution is -0.348. The molecule has 0 unspecified atom stereocenters. The fourth-order valence-corrected chi connectivity index (χ4v) is 4.84. The Morgan fingerprint density at radius 3 is 1.32 bits per heavy atom. The van der Waals surface area contributed by atoms with Gasteiger partial charge in [-0.05, 0) is 0 Å². The highest BCUT2D eigenvalue weighted by molar-refractivity contribution is 5.74. The van der Waals surface area contributed by atoms with Gasteiger partial charge in [0.05, 0.1) is 0 Å². The number of carbonyl (C=O) groups excluding carboxylic acids is 8. The first kappa shape index (κ1) is 38.8. The number of nitrogens with one attached hydrogen (secondary N) is 1. The zero-order chi connectivity index (χ0) is 35.6. The lowest BCUT2D eigenvalue weighted by atomic mass is 9.94. The predicted molar refractivity (Wildman–Crippen MR) is 147 cm³/mol. The maximum absolute atomic E-state index is 12.3. The molecule has 1 N–H and O–H groups in total. The lowest BCUT2D eigenvalue weighted by Gasteiger charge is -2.48. The van der Waals surface area contributed by atoms with E-state index < -0.39 is 122 Å². The summed E-state index contributed by atoms with van der Waals surface area (Å²) in [7, 11) is 0. The van der Waals surface area contributed by atoms with Crippen molar-refractivity contribution in [2.45, 2.75) is 117 Å². The Morgan fingerprint density at radius 2 is 0.872 bits per heavy atom. The quantitative estimate of drug-likeness (QED) is 0.187. The van der Waals surface area contributed by atoms with E-state index in [1.165, 1.54) is 0 Å².